The predicted molar refractivity (Wildman–Crippen MR) is 182 cm³/mol. The summed E-state index contributed by atoms with van der Waals surface area (Å²) in [5.41, 5.74) is 7.63. The molecular formula is C37H42N4O7. The summed E-state index contributed by atoms with van der Waals surface area (Å²) < 4.78 is 23.7. The number of nitrogens with two attached hydrogens (primary N) is 1. The molecule has 11 heteroatoms. The van der Waals surface area contributed by atoms with Crippen LogP contribution in [0.2, 0.25) is 0 Å². The number of likely N-dealkylation sites (tertiary alicyclic amines) is 1. The molecule has 0 unspecified atom stereocenters. The number of ether oxygens (including phenoxy) is 4. The molecule has 1 aliphatic carbocycles. The van der Waals surface area contributed by atoms with Gasteiger partial charge in [0.25, 0.3) is 11.5 Å². The number of primary amides is 1. The van der Waals surface area contributed by atoms with Crippen LogP contribution in [-0.4, -0.2) is 59.3 Å². The molecule has 0 spiro atoms. The molecule has 2 aromatic heterocycles. The number of carbonyl (C=O) groups excluding carboxylic acids is 2. The molecule has 3 N–H and O–H groups in total. The van der Waals surface area contributed by atoms with Gasteiger partial charge in [0, 0.05) is 18.5 Å². The van der Waals surface area contributed by atoms with E-state index < -0.39 is 17.1 Å². The lowest BCUT2D eigenvalue weighted by molar-refractivity contribution is 0.0205. The first-order chi connectivity index (χ1) is 23.0. The van der Waals surface area contributed by atoms with Crippen LogP contribution in [0.1, 0.15) is 73.9 Å². The Kier molecular flexibility index (Phi) is 9.30. The Bertz CT molecular complexity index is 1870. The molecule has 6 rings (SSSR count). The highest BCUT2D eigenvalue weighted by Gasteiger charge is 2.30. The first kappa shape index (κ1) is 32.9. The fourth-order valence-electron chi connectivity index (χ4n) is 5.93. The minimum atomic E-state index is -0.819. The number of hydrogen-bond acceptors (Lipinski definition) is 8. The molecule has 48 heavy (non-hydrogen) atoms. The van der Waals surface area contributed by atoms with Gasteiger partial charge in [0.15, 0.2) is 0 Å². The van der Waals surface area contributed by atoms with E-state index in [1.807, 2.05) is 69.3 Å². The van der Waals surface area contributed by atoms with Gasteiger partial charge in [0.05, 0.1) is 25.0 Å². The summed E-state index contributed by atoms with van der Waals surface area (Å²) in [5, 5.41) is 0.625. The van der Waals surface area contributed by atoms with Gasteiger partial charge in [-0.05, 0) is 106 Å². The van der Waals surface area contributed by atoms with Gasteiger partial charge in [-0.15, -0.1) is 0 Å². The van der Waals surface area contributed by atoms with Crippen molar-refractivity contribution in [2.45, 2.75) is 64.6 Å². The summed E-state index contributed by atoms with van der Waals surface area (Å²) in [7, 11) is 1.63. The number of methoxy groups -OCH3 is 1. The molecule has 1 aliphatic heterocycles. The number of piperidine rings is 1. The number of rotatable bonds is 10. The summed E-state index contributed by atoms with van der Waals surface area (Å²) in [5.74, 6) is 1.65. The van der Waals surface area contributed by atoms with Crippen LogP contribution in [0.5, 0.6) is 17.2 Å². The maximum Gasteiger partial charge on any atom is 0.410 e. The fourth-order valence-corrected chi connectivity index (χ4v) is 5.93. The summed E-state index contributed by atoms with van der Waals surface area (Å²) >= 11 is 0. The maximum absolute atomic E-state index is 13.0. The number of nitrogens with zero attached hydrogens (tertiary/aromatic N) is 2. The van der Waals surface area contributed by atoms with Crippen molar-refractivity contribution in [2.24, 2.45) is 11.7 Å². The molecule has 11 nitrogen and oxygen atoms in total. The zero-order valence-electron chi connectivity index (χ0n) is 27.8. The van der Waals surface area contributed by atoms with E-state index in [9.17, 15) is 14.4 Å². The van der Waals surface area contributed by atoms with Crippen LogP contribution in [0.15, 0.2) is 59.4 Å². The van der Waals surface area contributed by atoms with Gasteiger partial charge in [0.2, 0.25) is 0 Å². The fraction of sp³-hybridized carbons (Fsp3) is 0.405. The topological polar surface area (TPSA) is 146 Å². The van der Waals surface area contributed by atoms with Crippen LogP contribution in [0, 0.1) is 5.92 Å². The second-order valence-corrected chi connectivity index (χ2v) is 13.5. The maximum atomic E-state index is 13.0. The van der Waals surface area contributed by atoms with Crippen LogP contribution < -0.4 is 25.5 Å². The number of benzene rings is 2. The van der Waals surface area contributed by atoms with Crippen molar-refractivity contribution in [3.8, 4) is 28.5 Å². The van der Waals surface area contributed by atoms with Crippen molar-refractivity contribution < 1.29 is 28.5 Å². The van der Waals surface area contributed by atoms with E-state index >= 15 is 0 Å². The molecular weight excluding hydrogens is 612 g/mol. The van der Waals surface area contributed by atoms with Crippen molar-refractivity contribution in [1.29, 1.82) is 0 Å². The first-order valence-electron chi connectivity index (χ1n) is 16.4. The van der Waals surface area contributed by atoms with E-state index in [2.05, 4.69) is 4.98 Å². The average Bonchev–Trinajstić information content (AvgIpc) is 3.89. The van der Waals surface area contributed by atoms with Crippen molar-refractivity contribution in [3.05, 3.63) is 81.6 Å². The summed E-state index contributed by atoms with van der Waals surface area (Å²) in [6, 6.07) is 16.9. The molecule has 2 aliphatic rings. The Morgan fingerprint density at radius 3 is 2.29 bits per heavy atom. The number of aromatic nitrogens is 2. The molecule has 4 aromatic rings. The van der Waals surface area contributed by atoms with Crippen molar-refractivity contribution in [2.75, 3.05) is 26.8 Å². The third-order valence-electron chi connectivity index (χ3n) is 8.68. The van der Waals surface area contributed by atoms with Gasteiger partial charge < -0.3 is 34.6 Å². The lowest BCUT2D eigenvalue weighted by atomic mass is 9.86. The zero-order chi connectivity index (χ0) is 34.0. The second-order valence-electron chi connectivity index (χ2n) is 13.5. The molecule has 0 bridgehead atoms. The van der Waals surface area contributed by atoms with Crippen LogP contribution >= 0.6 is 0 Å². The van der Waals surface area contributed by atoms with Gasteiger partial charge in [-0.3, -0.25) is 9.59 Å². The summed E-state index contributed by atoms with van der Waals surface area (Å²) in [6.07, 6.45) is 3.20. The number of aromatic amines is 1. The number of H-pyrrole nitrogens is 1. The van der Waals surface area contributed by atoms with Crippen molar-refractivity contribution in [3.63, 3.8) is 0 Å². The lowest BCUT2D eigenvalue weighted by Gasteiger charge is -2.34. The van der Waals surface area contributed by atoms with Crippen LogP contribution in [-0.2, 0) is 11.3 Å². The Morgan fingerprint density at radius 2 is 1.67 bits per heavy atom. The number of amides is 2. The number of hydrogen-bond donors (Lipinski definition) is 2. The quantitative estimate of drug-likeness (QED) is 0.206. The SMILES string of the molecule is COc1ccc(COc2cccc(OCC3CC3)c2-c2cc(C3CCN(C(=O)OC(C)(C)C)CC3)c3cc(C(N)=O)c(=O)[nH]c3n2)cc1. The Morgan fingerprint density at radius 1 is 0.979 bits per heavy atom. The summed E-state index contributed by atoms with van der Waals surface area (Å²) in [4.78, 5) is 47.4. The number of pyridine rings is 2. The zero-order valence-corrected chi connectivity index (χ0v) is 27.8. The van der Waals surface area contributed by atoms with Crippen molar-refractivity contribution >= 4 is 23.0 Å². The Balaban J connectivity index is 1.41. The van der Waals surface area contributed by atoms with Crippen LogP contribution in [0.25, 0.3) is 22.3 Å². The molecule has 3 heterocycles. The highest BCUT2D eigenvalue weighted by Crippen LogP contribution is 2.42. The second kappa shape index (κ2) is 13.6. The van der Waals surface area contributed by atoms with Crippen LogP contribution in [0.3, 0.4) is 0 Å². The minimum absolute atomic E-state index is 0.0113. The van der Waals surface area contributed by atoms with Crippen molar-refractivity contribution in [1.82, 2.24) is 14.9 Å². The predicted octanol–water partition coefficient (Wildman–Crippen LogP) is 6.18. The van der Waals surface area contributed by atoms with E-state index in [1.54, 1.807) is 12.0 Å². The largest absolute Gasteiger partial charge is 0.497 e. The third kappa shape index (κ3) is 7.56. The lowest BCUT2D eigenvalue weighted by Crippen LogP contribution is -2.41. The van der Waals surface area contributed by atoms with E-state index in [0.717, 1.165) is 29.7 Å². The highest BCUT2D eigenvalue weighted by atomic mass is 16.6. The normalized spacial score (nSPS) is 15.3. The molecule has 1 saturated heterocycles. The number of fused-ring (bicyclic) bond motifs is 1. The molecule has 2 amide bonds. The summed E-state index contributed by atoms with van der Waals surface area (Å²) in [6.45, 7) is 7.40. The van der Waals surface area contributed by atoms with E-state index in [4.69, 9.17) is 29.7 Å². The molecule has 2 aromatic carbocycles. The average molecular weight is 655 g/mol. The number of nitrogens with one attached hydrogen (secondary N) is 1. The molecule has 252 valence electrons. The number of carbonyl (C=O) groups is 2. The van der Waals surface area contributed by atoms with Gasteiger partial charge in [0.1, 0.15) is 40.7 Å². The minimum Gasteiger partial charge on any atom is -0.497 e. The Labute approximate surface area is 279 Å². The third-order valence-corrected chi connectivity index (χ3v) is 8.68. The Hall–Kier alpha value is -5.06. The standard InChI is InChI=1S/C37H42N4O7/c1-37(2,3)48-36(44)41-16-14-24(15-17-41)26-19-29(39-34-27(26)18-28(33(38)42)35(43)40-34)32-30(46-20-22-8-9-22)6-5-7-31(32)47-21-23-10-12-25(45-4)13-11-23/h5-7,10-13,18-19,22,24H,8-9,14-17,20-21H2,1-4H3,(H2,38,42)(H,39,40,43). The molecule has 0 atom stereocenters. The first-order valence-corrected chi connectivity index (χ1v) is 16.4. The van der Waals surface area contributed by atoms with Gasteiger partial charge in [-0.2, -0.15) is 0 Å². The van der Waals surface area contributed by atoms with Gasteiger partial charge in [-0.1, -0.05) is 18.2 Å². The van der Waals surface area contributed by atoms with E-state index in [-0.39, 0.29) is 17.6 Å². The van der Waals surface area contributed by atoms with E-state index in [0.29, 0.717) is 78.9 Å². The molecule has 0 radical (unpaired) electrons. The van der Waals surface area contributed by atoms with E-state index in [1.165, 1.54) is 6.07 Å². The van der Waals surface area contributed by atoms with Gasteiger partial charge >= 0.3 is 6.09 Å². The highest BCUT2D eigenvalue weighted by molar-refractivity contribution is 5.97. The smallest absolute Gasteiger partial charge is 0.410 e. The van der Waals surface area contributed by atoms with Crippen LogP contribution in [0.4, 0.5) is 4.79 Å². The molecule has 2 fully saturated rings. The van der Waals surface area contributed by atoms with Gasteiger partial charge in [-0.25, -0.2) is 9.78 Å². The monoisotopic (exact) mass is 654 g/mol. The molecule has 1 saturated carbocycles.